The van der Waals surface area contributed by atoms with Gasteiger partial charge in [0.25, 0.3) is 0 Å². The zero-order chi connectivity index (χ0) is 10.7. The third-order valence-corrected chi connectivity index (χ3v) is 2.75. The van der Waals surface area contributed by atoms with Crippen molar-refractivity contribution in [2.45, 2.75) is 12.1 Å². The second kappa shape index (κ2) is 4.96. The Hall–Kier alpha value is -0.320. The summed E-state index contributed by atoms with van der Waals surface area (Å²) in [6, 6.07) is 4.14. The third kappa shape index (κ3) is 2.38. The lowest BCUT2D eigenvalue weighted by Crippen LogP contribution is -2.32. The van der Waals surface area contributed by atoms with Crippen molar-refractivity contribution in [1.29, 1.82) is 0 Å². The zero-order valence-corrected chi connectivity index (χ0v) is 8.83. The maximum atomic E-state index is 9.67. The van der Waals surface area contributed by atoms with Gasteiger partial charge in [-0.1, -0.05) is 35.3 Å². The third-order valence-electron chi connectivity index (χ3n) is 1.92. The number of aliphatic hydroxyl groups excluding tert-OH is 2. The van der Waals surface area contributed by atoms with E-state index in [1.807, 2.05) is 0 Å². The van der Waals surface area contributed by atoms with E-state index in [9.17, 15) is 5.11 Å². The highest BCUT2D eigenvalue weighted by molar-refractivity contribution is 6.42. The lowest BCUT2D eigenvalue weighted by molar-refractivity contribution is 0.109. The Kier molecular flexibility index (Phi) is 4.16. The molecule has 0 saturated carbocycles. The Morgan fingerprint density at radius 3 is 2.57 bits per heavy atom. The van der Waals surface area contributed by atoms with E-state index in [2.05, 4.69) is 0 Å². The molecule has 14 heavy (non-hydrogen) atoms. The smallest absolute Gasteiger partial charge is 0.0978 e. The molecule has 0 spiro atoms. The van der Waals surface area contributed by atoms with Crippen LogP contribution in [-0.4, -0.2) is 22.9 Å². The molecule has 0 aliphatic heterocycles. The molecular weight excluding hydrogens is 225 g/mol. The lowest BCUT2D eigenvalue weighted by atomic mass is 10.0. The van der Waals surface area contributed by atoms with Crippen molar-refractivity contribution in [3.05, 3.63) is 33.8 Å². The molecular formula is C9H11Cl2NO2. The molecule has 0 fully saturated rings. The molecule has 0 aliphatic carbocycles. The van der Waals surface area contributed by atoms with Gasteiger partial charge in [0, 0.05) is 5.56 Å². The quantitative estimate of drug-likeness (QED) is 0.742. The van der Waals surface area contributed by atoms with Crippen LogP contribution in [0.2, 0.25) is 10.0 Å². The van der Waals surface area contributed by atoms with Crippen LogP contribution in [-0.2, 0) is 0 Å². The largest absolute Gasteiger partial charge is 0.395 e. The number of nitrogens with two attached hydrogens (primary N) is 1. The predicted molar refractivity (Wildman–Crippen MR) is 56.5 cm³/mol. The van der Waals surface area contributed by atoms with Gasteiger partial charge in [-0.25, -0.2) is 0 Å². The molecule has 0 radical (unpaired) electrons. The molecule has 2 unspecified atom stereocenters. The van der Waals surface area contributed by atoms with Crippen molar-refractivity contribution in [3.8, 4) is 0 Å². The number of benzene rings is 1. The predicted octanol–water partition coefficient (Wildman–Crippen LogP) is 1.35. The zero-order valence-electron chi connectivity index (χ0n) is 7.32. The van der Waals surface area contributed by atoms with Crippen molar-refractivity contribution < 1.29 is 10.2 Å². The maximum absolute atomic E-state index is 9.67. The fourth-order valence-corrected chi connectivity index (χ4v) is 1.50. The molecule has 5 heteroatoms. The first-order chi connectivity index (χ1) is 6.57. The van der Waals surface area contributed by atoms with Crippen LogP contribution in [0.1, 0.15) is 11.7 Å². The van der Waals surface area contributed by atoms with Gasteiger partial charge in [-0.05, 0) is 6.07 Å². The second-order valence-electron chi connectivity index (χ2n) is 2.93. The molecule has 3 nitrogen and oxygen atoms in total. The van der Waals surface area contributed by atoms with Crippen LogP contribution in [0.3, 0.4) is 0 Å². The standard InChI is InChI=1S/C9H11Cl2NO2/c10-6-3-1-2-5(8(6)11)9(14)7(12)4-13/h1-3,7,9,13-14H,4,12H2. The number of rotatable bonds is 3. The molecule has 0 aromatic heterocycles. The van der Waals surface area contributed by atoms with Gasteiger partial charge in [-0.15, -0.1) is 0 Å². The minimum Gasteiger partial charge on any atom is -0.395 e. The van der Waals surface area contributed by atoms with Crippen LogP contribution < -0.4 is 5.73 Å². The Labute approximate surface area is 92.1 Å². The summed E-state index contributed by atoms with van der Waals surface area (Å²) in [4.78, 5) is 0. The Morgan fingerprint density at radius 1 is 1.36 bits per heavy atom. The van der Waals surface area contributed by atoms with Crippen molar-refractivity contribution in [1.82, 2.24) is 0 Å². The summed E-state index contributed by atoms with van der Waals surface area (Å²) in [5.41, 5.74) is 5.90. The molecule has 2 atom stereocenters. The van der Waals surface area contributed by atoms with Crippen LogP contribution in [0, 0.1) is 0 Å². The topological polar surface area (TPSA) is 66.5 Å². The number of hydrogen-bond acceptors (Lipinski definition) is 3. The van der Waals surface area contributed by atoms with Crippen LogP contribution in [0.25, 0.3) is 0 Å². The van der Waals surface area contributed by atoms with Gasteiger partial charge in [0.15, 0.2) is 0 Å². The van der Waals surface area contributed by atoms with Gasteiger partial charge >= 0.3 is 0 Å². The monoisotopic (exact) mass is 235 g/mol. The normalized spacial score (nSPS) is 15.2. The van der Waals surface area contributed by atoms with E-state index < -0.39 is 12.1 Å². The SMILES string of the molecule is NC(CO)C(O)c1cccc(Cl)c1Cl. The van der Waals surface area contributed by atoms with Crippen LogP contribution in [0.4, 0.5) is 0 Å². The van der Waals surface area contributed by atoms with Gasteiger partial charge < -0.3 is 15.9 Å². The molecule has 4 N–H and O–H groups in total. The van der Waals surface area contributed by atoms with E-state index in [0.717, 1.165) is 0 Å². The Morgan fingerprint density at radius 2 is 2.00 bits per heavy atom. The highest BCUT2D eigenvalue weighted by atomic mass is 35.5. The molecule has 0 aliphatic rings. The summed E-state index contributed by atoms with van der Waals surface area (Å²) in [6.07, 6.45) is -1.01. The lowest BCUT2D eigenvalue weighted by Gasteiger charge is -2.18. The highest BCUT2D eigenvalue weighted by Crippen LogP contribution is 2.30. The molecule has 0 amide bonds. The molecule has 78 valence electrons. The fraction of sp³-hybridized carbons (Fsp3) is 0.333. The van der Waals surface area contributed by atoms with E-state index >= 15 is 0 Å². The van der Waals surface area contributed by atoms with Gasteiger partial charge in [-0.3, -0.25) is 0 Å². The van der Waals surface area contributed by atoms with Crippen molar-refractivity contribution in [2.75, 3.05) is 6.61 Å². The molecule has 0 heterocycles. The Balaban J connectivity index is 3.01. The number of aliphatic hydroxyl groups is 2. The summed E-state index contributed by atoms with van der Waals surface area (Å²) in [5, 5.41) is 19.1. The Bertz CT molecular complexity index is 320. The summed E-state index contributed by atoms with van der Waals surface area (Å²) >= 11 is 11.6. The van der Waals surface area contributed by atoms with E-state index in [1.54, 1.807) is 18.2 Å². The summed E-state index contributed by atoms with van der Waals surface area (Å²) in [5.74, 6) is 0. The van der Waals surface area contributed by atoms with E-state index in [0.29, 0.717) is 10.6 Å². The van der Waals surface area contributed by atoms with Gasteiger partial charge in [0.1, 0.15) is 0 Å². The van der Waals surface area contributed by atoms with Crippen molar-refractivity contribution >= 4 is 23.2 Å². The summed E-state index contributed by atoms with van der Waals surface area (Å²) in [6.45, 7) is -0.315. The number of hydrogen-bond donors (Lipinski definition) is 3. The number of halogens is 2. The first-order valence-electron chi connectivity index (χ1n) is 4.06. The summed E-state index contributed by atoms with van der Waals surface area (Å²) < 4.78 is 0. The average Bonchev–Trinajstić information content (AvgIpc) is 2.20. The van der Waals surface area contributed by atoms with E-state index in [4.69, 9.17) is 34.0 Å². The van der Waals surface area contributed by atoms with Gasteiger partial charge in [0.05, 0.1) is 28.8 Å². The molecule has 1 aromatic carbocycles. The first-order valence-corrected chi connectivity index (χ1v) is 4.82. The van der Waals surface area contributed by atoms with Crippen LogP contribution >= 0.6 is 23.2 Å². The van der Waals surface area contributed by atoms with E-state index in [1.165, 1.54) is 0 Å². The first kappa shape index (κ1) is 11.8. The minimum absolute atomic E-state index is 0.269. The minimum atomic E-state index is -1.01. The highest BCUT2D eigenvalue weighted by Gasteiger charge is 2.19. The van der Waals surface area contributed by atoms with Crippen LogP contribution in [0.5, 0.6) is 0 Å². The van der Waals surface area contributed by atoms with Crippen molar-refractivity contribution in [2.24, 2.45) is 5.73 Å². The fourth-order valence-electron chi connectivity index (χ4n) is 1.08. The van der Waals surface area contributed by atoms with E-state index in [-0.39, 0.29) is 11.6 Å². The van der Waals surface area contributed by atoms with Gasteiger partial charge in [0.2, 0.25) is 0 Å². The maximum Gasteiger partial charge on any atom is 0.0978 e. The molecule has 1 aromatic rings. The van der Waals surface area contributed by atoms with Gasteiger partial charge in [-0.2, -0.15) is 0 Å². The molecule has 0 bridgehead atoms. The van der Waals surface area contributed by atoms with Crippen LogP contribution in [0.15, 0.2) is 18.2 Å². The molecule has 1 rings (SSSR count). The average molecular weight is 236 g/mol. The van der Waals surface area contributed by atoms with Crippen molar-refractivity contribution in [3.63, 3.8) is 0 Å². The molecule has 0 saturated heterocycles. The summed E-state index contributed by atoms with van der Waals surface area (Å²) in [7, 11) is 0. The second-order valence-corrected chi connectivity index (χ2v) is 3.72.